The van der Waals surface area contributed by atoms with Gasteiger partial charge in [-0.1, -0.05) is 39.6 Å². The smallest absolute Gasteiger partial charge is 0.244 e. The molecule has 1 N–H and O–H groups in total. The third-order valence-electron chi connectivity index (χ3n) is 3.13. The summed E-state index contributed by atoms with van der Waals surface area (Å²) in [6.07, 6.45) is 3.51. The molecule has 94 valence electrons. The Labute approximate surface area is 114 Å². The molecule has 1 aliphatic rings. The monoisotopic (exact) mass is 307 g/mol. The van der Waals surface area contributed by atoms with E-state index >= 15 is 0 Å². The van der Waals surface area contributed by atoms with Gasteiger partial charge in [-0.25, -0.2) is 0 Å². The van der Waals surface area contributed by atoms with Crippen LogP contribution in [0.3, 0.4) is 0 Å². The molecule has 0 aliphatic carbocycles. The number of nitrogens with zero attached hydrogens (tertiary/aromatic N) is 2. The number of nitrogens with one attached hydrogen (secondary N) is 1. The van der Waals surface area contributed by atoms with Crippen LogP contribution >= 0.6 is 15.9 Å². The lowest BCUT2D eigenvalue weighted by atomic mass is 10.1. The van der Waals surface area contributed by atoms with Crippen molar-refractivity contribution in [1.82, 2.24) is 15.5 Å². The molecular formula is C13H14BrN3O. The summed E-state index contributed by atoms with van der Waals surface area (Å²) >= 11 is 3.44. The molecule has 1 saturated heterocycles. The van der Waals surface area contributed by atoms with Crippen molar-refractivity contribution in [1.29, 1.82) is 0 Å². The Morgan fingerprint density at radius 3 is 3.06 bits per heavy atom. The normalized spacial score (nSPS) is 19.9. The lowest BCUT2D eigenvalue weighted by Gasteiger charge is -2.19. The molecule has 1 aromatic heterocycles. The number of hydrogen-bond acceptors (Lipinski definition) is 4. The van der Waals surface area contributed by atoms with Crippen LogP contribution in [0.2, 0.25) is 0 Å². The fourth-order valence-electron chi connectivity index (χ4n) is 2.18. The summed E-state index contributed by atoms with van der Waals surface area (Å²) in [7, 11) is 0. The summed E-state index contributed by atoms with van der Waals surface area (Å²) in [5.74, 6) is 1.35. The van der Waals surface area contributed by atoms with E-state index in [0.717, 1.165) is 23.0 Å². The van der Waals surface area contributed by atoms with Gasteiger partial charge in [-0.2, -0.15) is 4.98 Å². The molecular weight excluding hydrogens is 294 g/mol. The molecule has 0 amide bonds. The molecule has 1 unspecified atom stereocenters. The number of piperidine rings is 1. The van der Waals surface area contributed by atoms with Crippen molar-refractivity contribution < 1.29 is 4.52 Å². The van der Waals surface area contributed by atoms with Gasteiger partial charge in [0.1, 0.15) is 0 Å². The van der Waals surface area contributed by atoms with Crippen molar-refractivity contribution in [3.63, 3.8) is 0 Å². The number of hydrogen-bond donors (Lipinski definition) is 1. The van der Waals surface area contributed by atoms with Gasteiger partial charge in [0.05, 0.1) is 6.04 Å². The Balaban J connectivity index is 1.84. The van der Waals surface area contributed by atoms with Crippen LogP contribution in [0.25, 0.3) is 11.4 Å². The lowest BCUT2D eigenvalue weighted by Crippen LogP contribution is -2.26. The molecule has 1 aliphatic heterocycles. The molecule has 1 aromatic carbocycles. The molecule has 1 fully saturated rings. The van der Waals surface area contributed by atoms with Gasteiger partial charge < -0.3 is 9.84 Å². The van der Waals surface area contributed by atoms with Crippen molar-refractivity contribution in [2.24, 2.45) is 0 Å². The molecule has 2 aromatic rings. The number of aromatic nitrogens is 2. The standard InChI is InChI=1S/C13H14BrN3O/c14-10-5-3-4-9(8-10)12-16-13(18-17-12)11-6-1-2-7-15-11/h3-5,8,11,15H,1-2,6-7H2. The van der Waals surface area contributed by atoms with E-state index in [1.807, 2.05) is 24.3 Å². The van der Waals surface area contributed by atoms with E-state index in [1.165, 1.54) is 12.8 Å². The minimum Gasteiger partial charge on any atom is -0.337 e. The van der Waals surface area contributed by atoms with Crippen LogP contribution < -0.4 is 5.32 Å². The molecule has 4 nitrogen and oxygen atoms in total. The van der Waals surface area contributed by atoms with E-state index in [2.05, 4.69) is 31.4 Å². The Kier molecular flexibility index (Phi) is 3.43. The largest absolute Gasteiger partial charge is 0.337 e. The van der Waals surface area contributed by atoms with Gasteiger partial charge in [-0.15, -0.1) is 0 Å². The molecule has 0 radical (unpaired) electrons. The summed E-state index contributed by atoms with van der Waals surface area (Å²) < 4.78 is 6.38. The minimum absolute atomic E-state index is 0.215. The van der Waals surface area contributed by atoms with Gasteiger partial charge in [-0.05, 0) is 31.5 Å². The van der Waals surface area contributed by atoms with Crippen molar-refractivity contribution in [2.75, 3.05) is 6.54 Å². The second kappa shape index (κ2) is 5.20. The second-order valence-electron chi connectivity index (χ2n) is 4.47. The highest BCUT2D eigenvalue weighted by atomic mass is 79.9. The van der Waals surface area contributed by atoms with Gasteiger partial charge in [0.25, 0.3) is 0 Å². The maximum atomic E-state index is 5.36. The van der Waals surface area contributed by atoms with Crippen molar-refractivity contribution in [3.05, 3.63) is 34.6 Å². The van der Waals surface area contributed by atoms with Crippen molar-refractivity contribution >= 4 is 15.9 Å². The molecule has 3 rings (SSSR count). The first-order valence-corrected chi connectivity index (χ1v) is 6.95. The van der Waals surface area contributed by atoms with E-state index in [0.29, 0.717) is 11.7 Å². The Bertz CT molecular complexity index is 535. The van der Waals surface area contributed by atoms with Gasteiger partial charge in [0.15, 0.2) is 0 Å². The van der Waals surface area contributed by atoms with Crippen LogP contribution in [0, 0.1) is 0 Å². The Morgan fingerprint density at radius 2 is 2.28 bits per heavy atom. The minimum atomic E-state index is 0.215. The van der Waals surface area contributed by atoms with Crippen LogP contribution in [0.1, 0.15) is 31.2 Å². The summed E-state index contributed by atoms with van der Waals surface area (Å²) in [5.41, 5.74) is 0.968. The zero-order chi connectivity index (χ0) is 12.4. The van der Waals surface area contributed by atoms with Gasteiger partial charge in [0.2, 0.25) is 11.7 Å². The summed E-state index contributed by atoms with van der Waals surface area (Å²) in [6, 6.07) is 8.13. The average molecular weight is 308 g/mol. The number of benzene rings is 1. The quantitative estimate of drug-likeness (QED) is 0.924. The van der Waals surface area contributed by atoms with Gasteiger partial charge in [0, 0.05) is 10.0 Å². The maximum Gasteiger partial charge on any atom is 0.244 e. The second-order valence-corrected chi connectivity index (χ2v) is 5.38. The third-order valence-corrected chi connectivity index (χ3v) is 3.63. The van der Waals surface area contributed by atoms with Crippen LogP contribution in [0.5, 0.6) is 0 Å². The molecule has 0 bridgehead atoms. The van der Waals surface area contributed by atoms with E-state index < -0.39 is 0 Å². The molecule has 0 spiro atoms. The lowest BCUT2D eigenvalue weighted by molar-refractivity contribution is 0.297. The molecule has 0 saturated carbocycles. The van der Waals surface area contributed by atoms with E-state index in [1.54, 1.807) is 0 Å². The first-order valence-electron chi connectivity index (χ1n) is 6.16. The molecule has 2 heterocycles. The molecule has 5 heteroatoms. The van der Waals surface area contributed by atoms with Gasteiger partial charge >= 0.3 is 0 Å². The van der Waals surface area contributed by atoms with Crippen LogP contribution in [-0.2, 0) is 0 Å². The Hall–Kier alpha value is -1.20. The summed E-state index contributed by atoms with van der Waals surface area (Å²) in [4.78, 5) is 4.48. The zero-order valence-corrected chi connectivity index (χ0v) is 11.5. The van der Waals surface area contributed by atoms with E-state index in [4.69, 9.17) is 4.52 Å². The highest BCUT2D eigenvalue weighted by Gasteiger charge is 2.21. The van der Waals surface area contributed by atoms with Crippen LogP contribution in [0.15, 0.2) is 33.3 Å². The number of halogens is 1. The fourth-order valence-corrected chi connectivity index (χ4v) is 2.58. The average Bonchev–Trinajstić information content (AvgIpc) is 2.89. The Morgan fingerprint density at radius 1 is 1.33 bits per heavy atom. The van der Waals surface area contributed by atoms with Crippen LogP contribution in [0.4, 0.5) is 0 Å². The molecule has 1 atom stereocenters. The van der Waals surface area contributed by atoms with E-state index in [9.17, 15) is 0 Å². The first-order chi connectivity index (χ1) is 8.83. The van der Waals surface area contributed by atoms with E-state index in [-0.39, 0.29) is 6.04 Å². The predicted octanol–water partition coefficient (Wildman–Crippen LogP) is 3.31. The zero-order valence-electron chi connectivity index (χ0n) is 9.90. The summed E-state index contributed by atoms with van der Waals surface area (Å²) in [5, 5.41) is 7.46. The van der Waals surface area contributed by atoms with Crippen molar-refractivity contribution in [3.8, 4) is 11.4 Å². The molecule has 18 heavy (non-hydrogen) atoms. The maximum absolute atomic E-state index is 5.36. The number of rotatable bonds is 2. The van der Waals surface area contributed by atoms with Crippen LogP contribution in [-0.4, -0.2) is 16.7 Å². The third kappa shape index (κ3) is 2.47. The SMILES string of the molecule is Brc1cccc(-c2noc(C3CCCCN3)n2)c1. The summed E-state index contributed by atoms with van der Waals surface area (Å²) in [6.45, 7) is 1.03. The topological polar surface area (TPSA) is 51.0 Å². The highest BCUT2D eigenvalue weighted by Crippen LogP contribution is 2.25. The fraction of sp³-hybridized carbons (Fsp3) is 0.385. The highest BCUT2D eigenvalue weighted by molar-refractivity contribution is 9.10. The van der Waals surface area contributed by atoms with Gasteiger partial charge in [-0.3, -0.25) is 0 Å². The first kappa shape index (κ1) is 11.9. The van der Waals surface area contributed by atoms with Crippen molar-refractivity contribution in [2.45, 2.75) is 25.3 Å². The predicted molar refractivity (Wildman–Crippen MR) is 72.0 cm³/mol.